The van der Waals surface area contributed by atoms with Gasteiger partial charge in [-0.25, -0.2) is 4.68 Å². The minimum absolute atomic E-state index is 0.0707. The number of nitrogens with one attached hydrogen (secondary N) is 1. The van der Waals surface area contributed by atoms with Gasteiger partial charge in [-0.1, -0.05) is 12.1 Å². The Hall–Kier alpha value is -3.69. The van der Waals surface area contributed by atoms with Crippen molar-refractivity contribution in [2.45, 2.75) is 46.1 Å². The van der Waals surface area contributed by atoms with E-state index in [9.17, 15) is 9.59 Å². The molecule has 0 unspecified atom stereocenters. The van der Waals surface area contributed by atoms with Gasteiger partial charge < -0.3 is 19.9 Å². The van der Waals surface area contributed by atoms with Crippen LogP contribution in [0.3, 0.4) is 0 Å². The van der Waals surface area contributed by atoms with Crippen molar-refractivity contribution in [2.75, 3.05) is 59.2 Å². The Labute approximate surface area is 243 Å². The first kappa shape index (κ1) is 28.8. The summed E-state index contributed by atoms with van der Waals surface area (Å²) in [4.78, 5) is 33.1. The summed E-state index contributed by atoms with van der Waals surface area (Å²) in [5, 5.41) is 8.06. The van der Waals surface area contributed by atoms with E-state index in [1.165, 1.54) is 0 Å². The molecule has 0 radical (unpaired) electrons. The number of amides is 2. The van der Waals surface area contributed by atoms with Gasteiger partial charge in [-0.2, -0.15) is 5.10 Å². The molecular formula is C32H42N6O3. The molecule has 1 saturated heterocycles. The number of ether oxygens (including phenoxy) is 1. The number of nitrogens with zero attached hydrogens (tertiary/aromatic N) is 5. The second kappa shape index (κ2) is 11.3. The molecule has 0 atom stereocenters. The van der Waals surface area contributed by atoms with Gasteiger partial charge in [0, 0.05) is 49.9 Å². The van der Waals surface area contributed by atoms with Crippen LogP contribution in [0.25, 0.3) is 16.9 Å². The van der Waals surface area contributed by atoms with E-state index >= 15 is 0 Å². The lowest BCUT2D eigenvalue weighted by atomic mass is 9.87. The molecule has 218 valence electrons. The molecule has 1 fully saturated rings. The summed E-state index contributed by atoms with van der Waals surface area (Å²) in [6.45, 7) is 12.1. The third-order valence-corrected chi connectivity index (χ3v) is 8.31. The van der Waals surface area contributed by atoms with E-state index in [0.717, 1.165) is 66.2 Å². The minimum Gasteiger partial charge on any atom is -0.495 e. The highest BCUT2D eigenvalue weighted by atomic mass is 16.5. The molecule has 1 aromatic heterocycles. The highest BCUT2D eigenvalue weighted by Crippen LogP contribution is 2.42. The molecule has 1 aliphatic heterocycles. The van der Waals surface area contributed by atoms with Crippen molar-refractivity contribution in [1.82, 2.24) is 24.5 Å². The summed E-state index contributed by atoms with van der Waals surface area (Å²) in [6.07, 6.45) is 1.43. The molecule has 9 heteroatoms. The van der Waals surface area contributed by atoms with E-state index in [-0.39, 0.29) is 17.4 Å². The standard InChI is InChI=1S/C32H42N6O3/c1-21-9-8-10-23(17-21)38-30-24(29(34-38)31(40)36(6)32(2,3)4)12-11-22-18-27(41-7)26(19-25(22)30)33-28(39)20-37-15-13-35(5)14-16-37/h8-10,17-19H,11-16,20H2,1-7H3,(H,33,39). The van der Waals surface area contributed by atoms with Crippen LogP contribution in [0.15, 0.2) is 36.4 Å². The van der Waals surface area contributed by atoms with E-state index in [1.807, 2.05) is 69.8 Å². The maximum Gasteiger partial charge on any atom is 0.274 e. The van der Waals surface area contributed by atoms with Gasteiger partial charge >= 0.3 is 0 Å². The van der Waals surface area contributed by atoms with Crippen LogP contribution in [0.1, 0.15) is 48.0 Å². The predicted molar refractivity (Wildman–Crippen MR) is 162 cm³/mol. The van der Waals surface area contributed by atoms with Gasteiger partial charge in [0.15, 0.2) is 5.69 Å². The summed E-state index contributed by atoms with van der Waals surface area (Å²) < 4.78 is 7.62. The lowest BCUT2D eigenvalue weighted by Crippen LogP contribution is -2.47. The minimum atomic E-state index is -0.349. The van der Waals surface area contributed by atoms with Gasteiger partial charge in [-0.3, -0.25) is 14.5 Å². The lowest BCUT2D eigenvalue weighted by molar-refractivity contribution is -0.117. The second-order valence-corrected chi connectivity index (χ2v) is 12.3. The largest absolute Gasteiger partial charge is 0.495 e. The maximum absolute atomic E-state index is 13.8. The number of methoxy groups -OCH3 is 1. The number of aromatic nitrogens is 2. The van der Waals surface area contributed by atoms with Gasteiger partial charge in [0.2, 0.25) is 5.91 Å². The molecule has 1 aliphatic carbocycles. The summed E-state index contributed by atoms with van der Waals surface area (Å²) in [5.41, 5.74) is 6.61. The Balaban J connectivity index is 1.58. The Bertz CT molecular complexity index is 1460. The average Bonchev–Trinajstić information content (AvgIpc) is 3.33. The van der Waals surface area contributed by atoms with E-state index in [4.69, 9.17) is 9.84 Å². The van der Waals surface area contributed by atoms with Crippen LogP contribution in [-0.4, -0.2) is 95.8 Å². The van der Waals surface area contributed by atoms with Crippen LogP contribution in [0, 0.1) is 6.92 Å². The second-order valence-electron chi connectivity index (χ2n) is 12.3. The first-order valence-corrected chi connectivity index (χ1v) is 14.4. The fourth-order valence-corrected chi connectivity index (χ4v) is 5.52. The highest BCUT2D eigenvalue weighted by Gasteiger charge is 2.34. The Morgan fingerprint density at radius 1 is 1.07 bits per heavy atom. The van der Waals surface area contributed by atoms with Crippen LogP contribution in [0.4, 0.5) is 5.69 Å². The summed E-state index contributed by atoms with van der Waals surface area (Å²) in [6, 6.07) is 12.1. The van der Waals surface area contributed by atoms with Gasteiger partial charge in [0.1, 0.15) is 5.75 Å². The number of carbonyl (C=O) groups is 2. The molecule has 0 spiro atoms. The number of benzene rings is 2. The molecule has 1 N–H and O–H groups in total. The maximum atomic E-state index is 13.8. The van der Waals surface area contributed by atoms with Crippen LogP contribution in [-0.2, 0) is 17.6 Å². The molecule has 2 aromatic carbocycles. The van der Waals surface area contributed by atoms with Crippen LogP contribution < -0.4 is 10.1 Å². The molecule has 41 heavy (non-hydrogen) atoms. The fourth-order valence-electron chi connectivity index (χ4n) is 5.52. The zero-order chi connectivity index (χ0) is 29.5. The van der Waals surface area contributed by atoms with Crippen molar-refractivity contribution in [3.8, 4) is 22.7 Å². The summed E-state index contributed by atoms with van der Waals surface area (Å²) in [5.74, 6) is 0.459. The van der Waals surface area contributed by atoms with Gasteiger partial charge in [0.05, 0.1) is 30.7 Å². The number of aryl methyl sites for hydroxylation is 2. The molecular weight excluding hydrogens is 516 g/mol. The third kappa shape index (κ3) is 5.87. The topological polar surface area (TPSA) is 82.9 Å². The molecule has 0 saturated carbocycles. The smallest absolute Gasteiger partial charge is 0.274 e. The van der Waals surface area contributed by atoms with Crippen molar-refractivity contribution in [3.63, 3.8) is 0 Å². The van der Waals surface area contributed by atoms with Crippen molar-refractivity contribution < 1.29 is 14.3 Å². The quantitative estimate of drug-likeness (QED) is 0.492. The Morgan fingerprint density at radius 2 is 1.80 bits per heavy atom. The normalized spacial score (nSPS) is 15.7. The number of rotatable bonds is 6. The third-order valence-electron chi connectivity index (χ3n) is 8.31. The number of hydrogen-bond donors (Lipinski definition) is 1. The van der Waals surface area contributed by atoms with Gasteiger partial charge in [0.25, 0.3) is 5.91 Å². The average molecular weight is 559 g/mol. The molecule has 5 rings (SSSR count). The van der Waals surface area contributed by atoms with Crippen molar-refractivity contribution in [1.29, 1.82) is 0 Å². The molecule has 0 bridgehead atoms. The Kier molecular flexibility index (Phi) is 7.94. The fraction of sp³-hybridized carbons (Fsp3) is 0.469. The molecule has 2 heterocycles. The van der Waals surface area contributed by atoms with Crippen molar-refractivity contribution in [2.24, 2.45) is 0 Å². The number of hydrogen-bond acceptors (Lipinski definition) is 6. The van der Waals surface area contributed by atoms with E-state index in [0.29, 0.717) is 30.1 Å². The lowest BCUT2D eigenvalue weighted by Gasteiger charge is -2.32. The first-order valence-electron chi connectivity index (χ1n) is 14.4. The van der Waals surface area contributed by atoms with Gasteiger partial charge in [-0.05, 0) is 83.0 Å². The molecule has 2 amide bonds. The molecule has 2 aliphatic rings. The van der Waals surface area contributed by atoms with Crippen molar-refractivity contribution in [3.05, 3.63) is 58.8 Å². The van der Waals surface area contributed by atoms with Crippen molar-refractivity contribution >= 4 is 17.5 Å². The van der Waals surface area contributed by atoms with Gasteiger partial charge in [-0.15, -0.1) is 0 Å². The zero-order valence-corrected chi connectivity index (χ0v) is 25.4. The number of fused-ring (bicyclic) bond motifs is 3. The number of carbonyl (C=O) groups excluding carboxylic acids is 2. The Morgan fingerprint density at radius 3 is 2.46 bits per heavy atom. The molecule has 3 aromatic rings. The zero-order valence-electron chi connectivity index (χ0n) is 25.4. The van der Waals surface area contributed by atoms with Crippen LogP contribution >= 0.6 is 0 Å². The monoisotopic (exact) mass is 558 g/mol. The summed E-state index contributed by atoms with van der Waals surface area (Å²) >= 11 is 0. The predicted octanol–water partition coefficient (Wildman–Crippen LogP) is 4.01. The number of likely N-dealkylation sites (N-methyl/N-ethyl adjacent to an activating group) is 1. The van der Waals surface area contributed by atoms with Crippen LogP contribution in [0.5, 0.6) is 5.75 Å². The summed E-state index contributed by atoms with van der Waals surface area (Å²) in [7, 11) is 5.56. The van der Waals surface area contributed by atoms with E-state index in [2.05, 4.69) is 28.2 Å². The number of piperazine rings is 1. The molecule has 9 nitrogen and oxygen atoms in total. The van der Waals surface area contributed by atoms with E-state index in [1.54, 1.807) is 12.0 Å². The number of anilines is 1. The van der Waals surface area contributed by atoms with Crippen LogP contribution in [0.2, 0.25) is 0 Å². The van der Waals surface area contributed by atoms with E-state index < -0.39 is 0 Å². The first-order chi connectivity index (χ1) is 19.5. The highest BCUT2D eigenvalue weighted by molar-refractivity contribution is 5.98. The SMILES string of the molecule is COc1cc2c(cc1NC(=O)CN1CCN(C)CC1)-c1c(c(C(=O)N(C)C(C)(C)C)nn1-c1cccc(C)c1)CC2.